The van der Waals surface area contributed by atoms with Crippen LogP contribution in [0.4, 0.5) is 0 Å². The molecule has 0 aromatic heterocycles. The summed E-state index contributed by atoms with van der Waals surface area (Å²) in [5.41, 5.74) is 14.6. The van der Waals surface area contributed by atoms with Gasteiger partial charge in [0.15, 0.2) is 29.9 Å². The fourth-order valence-electron chi connectivity index (χ4n) is 15.7. The summed E-state index contributed by atoms with van der Waals surface area (Å²) in [6.07, 6.45) is -18.6. The molecule has 6 aromatic carbocycles. The maximum absolute atomic E-state index is 16.0. The second-order valence-corrected chi connectivity index (χ2v) is 34.8. The molecule has 9 amide bonds. The lowest BCUT2D eigenvalue weighted by molar-refractivity contribution is -0.333. The van der Waals surface area contributed by atoms with E-state index in [0.717, 1.165) is 66.7 Å². The normalized spacial score (nSPS) is 29.3. The Morgan fingerprint density at radius 2 is 1.27 bits per heavy atom. The van der Waals surface area contributed by atoms with E-state index in [0.29, 0.717) is 5.56 Å². The number of nitrogens with two attached hydrogens (primary N) is 3. The molecule has 4 fully saturated rings. The fraction of sp³-hybridized carbons (Fsp3) is 0.427. The molecule has 15 rings (SSSR count). The third kappa shape index (κ3) is 19.6. The van der Waals surface area contributed by atoms with Crippen LogP contribution in [0.15, 0.2) is 109 Å². The molecular formula is C82H94Cl2N12O28S. The average molecular weight is 1800 g/mol. The number of phenols is 3. The van der Waals surface area contributed by atoms with Crippen LogP contribution in [-0.2, 0) is 67.0 Å². The number of hydrogen-bond acceptors (Lipinski definition) is 30. The number of aliphatic carboxylic acids is 2. The highest BCUT2D eigenvalue weighted by molar-refractivity contribution is 8.01. The molecule has 670 valence electrons. The third-order valence-electron chi connectivity index (χ3n) is 22.2. The van der Waals surface area contributed by atoms with Crippen LogP contribution in [0.1, 0.15) is 131 Å². The number of fused-ring (bicyclic) bond motifs is 16. The van der Waals surface area contributed by atoms with E-state index in [9.17, 15) is 94.5 Å². The molecule has 0 saturated carbocycles. The van der Waals surface area contributed by atoms with E-state index in [1.807, 2.05) is 19.9 Å². The van der Waals surface area contributed by atoms with Crippen molar-refractivity contribution in [2.45, 2.75) is 198 Å². The molecule has 125 heavy (non-hydrogen) atoms. The number of nitrogens with zero attached hydrogens (tertiary/aromatic N) is 1. The average Bonchev–Trinajstić information content (AvgIpc) is 1.58. The minimum absolute atomic E-state index is 0.0975. The van der Waals surface area contributed by atoms with Crippen molar-refractivity contribution < 1.29 is 137 Å². The van der Waals surface area contributed by atoms with E-state index in [-0.39, 0.29) is 57.5 Å². The molecule has 1 unspecified atom stereocenters. The zero-order valence-corrected chi connectivity index (χ0v) is 70.0. The van der Waals surface area contributed by atoms with E-state index in [1.165, 1.54) is 49.7 Å². The number of primary amides is 1. The van der Waals surface area contributed by atoms with Gasteiger partial charge in [0.1, 0.15) is 113 Å². The number of nitrogens with one attached hydrogen (secondary N) is 8. The number of amides is 9. The highest BCUT2D eigenvalue weighted by Crippen LogP contribution is 2.53. The van der Waals surface area contributed by atoms with Crippen molar-refractivity contribution in [3.8, 4) is 57.1 Å². The minimum atomic E-state index is -2.35. The molecule has 43 heteroatoms. The molecule has 6 aromatic rings. The van der Waals surface area contributed by atoms with Gasteiger partial charge in [-0.25, -0.2) is 9.59 Å². The van der Waals surface area contributed by atoms with Gasteiger partial charge in [0.25, 0.3) is 0 Å². The van der Waals surface area contributed by atoms with Crippen molar-refractivity contribution in [3.63, 3.8) is 0 Å². The summed E-state index contributed by atoms with van der Waals surface area (Å²) in [6.45, 7) is 9.24. The first-order chi connectivity index (χ1) is 58.9. The van der Waals surface area contributed by atoms with Gasteiger partial charge in [-0.05, 0) is 129 Å². The van der Waals surface area contributed by atoms with Crippen molar-refractivity contribution in [1.82, 2.24) is 47.4 Å². The van der Waals surface area contributed by atoms with E-state index in [4.69, 9.17) is 68.8 Å². The highest BCUT2D eigenvalue weighted by atomic mass is 35.5. The number of thioether (sulfide) groups is 1. The van der Waals surface area contributed by atoms with E-state index in [2.05, 4.69) is 42.5 Å². The van der Waals surface area contributed by atoms with Gasteiger partial charge in [-0.15, -0.1) is 11.8 Å². The predicted molar refractivity (Wildman–Crippen MR) is 438 cm³/mol. The van der Waals surface area contributed by atoms with Gasteiger partial charge >= 0.3 is 11.9 Å². The van der Waals surface area contributed by atoms with Gasteiger partial charge in [0.05, 0.1) is 41.3 Å². The summed E-state index contributed by atoms with van der Waals surface area (Å²) in [7, 11) is 1.47. The molecule has 4 saturated heterocycles. The number of aromatic hydroxyl groups is 3. The Morgan fingerprint density at radius 1 is 0.672 bits per heavy atom. The zero-order chi connectivity index (χ0) is 91.2. The first-order valence-corrected chi connectivity index (χ1v) is 40.8. The number of carbonyl (C=O) groups is 11. The van der Waals surface area contributed by atoms with Crippen molar-refractivity contribution in [1.29, 1.82) is 0 Å². The Hall–Kier alpha value is -11.3. The first-order valence-electron chi connectivity index (χ1n) is 39.2. The summed E-state index contributed by atoms with van der Waals surface area (Å²) in [6, 6.07) is 5.70. The molecule has 9 heterocycles. The second-order valence-electron chi connectivity index (χ2n) is 32.2. The number of hydrogen-bond donors (Lipinski definition) is 22. The van der Waals surface area contributed by atoms with Gasteiger partial charge in [-0.1, -0.05) is 85.6 Å². The molecule has 0 spiro atoms. The number of halogens is 2. The van der Waals surface area contributed by atoms with Crippen molar-refractivity contribution >= 4 is 100 Å². The molecule has 9 aliphatic rings. The number of carboxylic acids is 2. The highest BCUT2D eigenvalue weighted by Gasteiger charge is 2.64. The number of phenolic OH excluding ortho intramolecular Hbond substituents is 3. The Balaban J connectivity index is 0.000000506. The first kappa shape index (κ1) is 92.9. The Kier molecular flexibility index (Phi) is 27.9. The number of aliphatic hydroxyl groups is 6. The van der Waals surface area contributed by atoms with E-state index in [1.54, 1.807) is 38.1 Å². The summed E-state index contributed by atoms with van der Waals surface area (Å²) in [5, 5.41) is 142. The molecule has 11 bridgehead atoms. The quantitative estimate of drug-likeness (QED) is 0.0550. The lowest BCUT2D eigenvalue weighted by Gasteiger charge is -2.47. The molecular weight excluding hydrogens is 1700 g/mol. The SMILES string of the molecule is CC1(C)S[C@@H]2[C@H](NC(=O)[C@H](N)c3ccccc3)C(=O)N2[C@H]1C(=O)O.CN[C@H](CC(C)C)C(=O)N[C@H]1C(=O)N[C@@H](CC(N)=O)C(=O)N[C@H]2C(=O)N[C@H]3C(=O)N[C@H](C(=O)N[C@@H](C(=O)O)c4cc(O)cc(O)c4-c4cc3ccc4O)[C@H](O)c3ccc(c(Cl)c3)Oc3cc2cc(c3O[C@@H]2O[C@H](CO)[C@@H](O)[C@H](O)[C@H]2O[C@H]2C[C@](C)(N)C(O)[C@H](C)O2)Oc2ccc(cc2Cl)[C@H]1O. The second kappa shape index (κ2) is 37.5. The van der Waals surface area contributed by atoms with Crippen LogP contribution in [0.2, 0.25) is 10.0 Å². The van der Waals surface area contributed by atoms with Crippen molar-refractivity contribution in [2.75, 3.05) is 13.7 Å². The number of rotatable bonds is 17. The summed E-state index contributed by atoms with van der Waals surface area (Å²) >= 11 is 15.5. The molecule has 0 radical (unpaired) electrons. The monoisotopic (exact) mass is 1800 g/mol. The number of carboxylic acid groups (broad SMARTS) is 2. The van der Waals surface area contributed by atoms with Gasteiger partial charge < -0.3 is 149 Å². The van der Waals surface area contributed by atoms with Crippen LogP contribution in [-0.4, -0.2) is 241 Å². The van der Waals surface area contributed by atoms with Crippen LogP contribution in [0, 0.1) is 5.92 Å². The van der Waals surface area contributed by atoms with Gasteiger partial charge in [0, 0.05) is 39.5 Å². The molecule has 25 N–H and O–H groups in total. The van der Waals surface area contributed by atoms with E-state index < -0.39 is 272 Å². The molecule has 40 nitrogen and oxygen atoms in total. The number of benzene rings is 6. The largest absolute Gasteiger partial charge is 0.508 e. The lowest BCUT2D eigenvalue weighted by atomic mass is 9.86. The van der Waals surface area contributed by atoms with Crippen LogP contribution in [0.5, 0.6) is 46.0 Å². The number of ether oxygens (including phenoxy) is 6. The molecule has 22 atom stereocenters. The minimum Gasteiger partial charge on any atom is -0.508 e. The third-order valence-corrected chi connectivity index (χ3v) is 24.3. The van der Waals surface area contributed by atoms with Gasteiger partial charge in [-0.2, -0.15) is 0 Å². The van der Waals surface area contributed by atoms with Gasteiger partial charge in [-0.3, -0.25) is 43.2 Å². The molecule has 0 aliphatic carbocycles. The smallest absolute Gasteiger partial charge is 0.330 e. The Bertz CT molecular complexity index is 5210. The van der Waals surface area contributed by atoms with Crippen LogP contribution in [0.25, 0.3) is 11.1 Å². The lowest BCUT2D eigenvalue weighted by Crippen LogP contribution is -2.71. The van der Waals surface area contributed by atoms with Crippen LogP contribution < -0.4 is 73.9 Å². The predicted octanol–water partition coefficient (Wildman–Crippen LogP) is 0.424. The van der Waals surface area contributed by atoms with E-state index >= 15 is 14.4 Å². The Morgan fingerprint density at radius 3 is 1.86 bits per heavy atom. The van der Waals surface area contributed by atoms with Gasteiger partial charge in [0.2, 0.25) is 65.2 Å². The topological polar surface area (TPSA) is 643 Å². The van der Waals surface area contributed by atoms with Crippen LogP contribution >= 0.6 is 35.0 Å². The molecule has 9 aliphatic heterocycles. The number of β-lactam (4-membered cyclic amide) rings is 1. The van der Waals surface area contributed by atoms with Crippen molar-refractivity contribution in [2.24, 2.45) is 23.1 Å². The Labute approximate surface area is 726 Å². The summed E-state index contributed by atoms with van der Waals surface area (Å²) in [5.74, 6) is -17.8. The maximum Gasteiger partial charge on any atom is 0.330 e. The summed E-state index contributed by atoms with van der Waals surface area (Å²) in [4.78, 5) is 154. The zero-order valence-electron chi connectivity index (χ0n) is 67.6. The van der Waals surface area contributed by atoms with Crippen molar-refractivity contribution in [3.05, 3.63) is 153 Å². The number of likely N-dealkylation sites (N-methyl/N-ethyl adjacent to an activating group) is 1. The maximum atomic E-state index is 16.0. The van der Waals surface area contributed by atoms with Crippen LogP contribution in [0.3, 0.4) is 0 Å². The fourth-order valence-corrected chi connectivity index (χ4v) is 17.8. The number of aliphatic hydroxyl groups excluding tert-OH is 6. The standard InChI is InChI=1S/C66H75Cl2N9O24.C16H19N3O4S/c1-23(2)12-34(71-5)58(88)76-49-51(83)26-7-10-38(32(67)14-26)97-40-16-28-17-41(55(40)101-65-56(54(86)53(85)42(22-78)99-65)100-44-21-66(4,70)57(87)24(3)96-44)98-39-11-8-27(15-33(39)68)52(84)50-63(93)75-48(64(94)95)31-18-29(79)19-37(81)45(31)30-13-25(6-9-36(30)80)46(60(90)77-50)74-61(91)47(28)73-59(89)35(20-43(69)82)72-62(49)92;1-16(2)11(15(22)23)19-13(21)10(14(19)24-16)18-12(20)9(17)8-6-4-3-5-7-8/h6-11,13-19,23-24,34-35,42,44,46-54,56-57,65,71,78-81,83-87H,12,20-22,70H2,1-5H3,(H2,69,82)(H,72,92)(H,73,89)(H,74,91)(H,75,93)(H,76,88)(H,77,90)(H,94,95);3-7,9-11,14H,17H2,1-2H3,(H,18,20)(H,22,23)/t24-,34+,35-,42+,44-,46+,47+,48+,49+,50-,51+,52+,53+,54-,56+,57?,65-,66-;9-,10-,11+,14-/m01/s1. The summed E-state index contributed by atoms with van der Waals surface area (Å²) < 4.78 is 37.7. The number of carbonyl (C=O) groups excluding carboxylic acids is 9.